The van der Waals surface area contributed by atoms with Gasteiger partial charge in [0.05, 0.1) is 24.1 Å². The van der Waals surface area contributed by atoms with Crippen molar-refractivity contribution in [2.24, 2.45) is 4.99 Å². The van der Waals surface area contributed by atoms with Gasteiger partial charge in [0.25, 0.3) is 0 Å². The van der Waals surface area contributed by atoms with Crippen LogP contribution in [0.3, 0.4) is 0 Å². The van der Waals surface area contributed by atoms with E-state index in [0.717, 1.165) is 27.9 Å². The maximum Gasteiger partial charge on any atom is 0.191 e. The minimum absolute atomic E-state index is 0.655. The number of aryl methyl sites for hydroxylation is 2. The van der Waals surface area contributed by atoms with Gasteiger partial charge in [-0.25, -0.2) is 9.67 Å². The summed E-state index contributed by atoms with van der Waals surface area (Å²) in [6.45, 7) is 5.45. The van der Waals surface area contributed by atoms with Crippen LogP contribution in [0.1, 0.15) is 21.1 Å². The van der Waals surface area contributed by atoms with E-state index in [2.05, 4.69) is 32.6 Å². The summed E-state index contributed by atoms with van der Waals surface area (Å²) in [5.41, 5.74) is 3.23. The second-order valence-electron chi connectivity index (χ2n) is 5.66. The highest BCUT2D eigenvalue weighted by molar-refractivity contribution is 7.11. The van der Waals surface area contributed by atoms with Crippen LogP contribution in [0.5, 0.6) is 0 Å². The summed E-state index contributed by atoms with van der Waals surface area (Å²) >= 11 is 1.71. The fourth-order valence-electron chi connectivity index (χ4n) is 2.35. The topological polar surface area (TPSA) is 67.1 Å². The van der Waals surface area contributed by atoms with Crippen molar-refractivity contribution in [1.82, 2.24) is 25.4 Å². The first-order valence-electron chi connectivity index (χ1n) is 8.12. The number of aromatic nitrogens is 3. The van der Waals surface area contributed by atoms with Crippen molar-refractivity contribution in [3.8, 4) is 5.69 Å². The third-order valence-corrected chi connectivity index (χ3v) is 4.89. The van der Waals surface area contributed by atoms with Gasteiger partial charge in [0, 0.05) is 30.2 Å². The van der Waals surface area contributed by atoms with Crippen molar-refractivity contribution in [2.45, 2.75) is 26.9 Å². The maximum absolute atomic E-state index is 4.53. The van der Waals surface area contributed by atoms with Gasteiger partial charge in [0.15, 0.2) is 5.96 Å². The van der Waals surface area contributed by atoms with E-state index in [1.807, 2.05) is 54.3 Å². The Bertz CT molecular complexity index is 830. The van der Waals surface area contributed by atoms with Crippen LogP contribution in [-0.4, -0.2) is 27.8 Å². The Morgan fingerprint density at radius 2 is 1.92 bits per heavy atom. The summed E-state index contributed by atoms with van der Waals surface area (Å²) in [5, 5.41) is 12.1. The van der Waals surface area contributed by atoms with Crippen LogP contribution in [0.2, 0.25) is 0 Å². The second-order valence-corrected chi connectivity index (χ2v) is 6.94. The molecule has 2 aromatic heterocycles. The molecule has 6 nitrogen and oxygen atoms in total. The molecule has 0 fully saturated rings. The average Bonchev–Trinajstić information content (AvgIpc) is 3.23. The van der Waals surface area contributed by atoms with Crippen LogP contribution in [0.4, 0.5) is 0 Å². The van der Waals surface area contributed by atoms with Crippen molar-refractivity contribution in [1.29, 1.82) is 0 Å². The SMILES string of the molecule is CN=C(NCc1cnn(-c2ccccc2)c1)NCc1nc(C)c(C)s1. The zero-order valence-corrected chi connectivity index (χ0v) is 15.5. The molecule has 3 rings (SSSR count). The monoisotopic (exact) mass is 354 g/mol. The number of para-hydroxylation sites is 1. The number of benzene rings is 1. The summed E-state index contributed by atoms with van der Waals surface area (Å²) in [5.74, 6) is 0.748. The standard InChI is InChI=1S/C18H22N6S/c1-13-14(2)25-17(23-13)11-21-18(19-3)20-9-15-10-22-24(12-15)16-7-5-4-6-8-16/h4-8,10,12H,9,11H2,1-3H3,(H2,19,20,21). The van der Waals surface area contributed by atoms with Crippen molar-refractivity contribution in [2.75, 3.05) is 7.05 Å². The molecule has 0 atom stereocenters. The molecule has 130 valence electrons. The summed E-state index contributed by atoms with van der Waals surface area (Å²) in [6.07, 6.45) is 3.88. The molecule has 0 aliphatic carbocycles. The minimum atomic E-state index is 0.655. The first-order chi connectivity index (χ1) is 12.2. The fraction of sp³-hybridized carbons (Fsp3) is 0.278. The lowest BCUT2D eigenvalue weighted by atomic mass is 10.3. The van der Waals surface area contributed by atoms with Gasteiger partial charge in [-0.3, -0.25) is 4.99 Å². The highest BCUT2D eigenvalue weighted by Gasteiger charge is 2.06. The van der Waals surface area contributed by atoms with E-state index in [4.69, 9.17) is 0 Å². The number of aliphatic imine (C=N–C) groups is 1. The maximum atomic E-state index is 4.53. The number of guanidine groups is 1. The van der Waals surface area contributed by atoms with Gasteiger partial charge in [-0.15, -0.1) is 11.3 Å². The van der Waals surface area contributed by atoms with Crippen LogP contribution in [-0.2, 0) is 13.1 Å². The third-order valence-electron chi connectivity index (χ3n) is 3.82. The number of hydrogen-bond donors (Lipinski definition) is 2. The number of hydrogen-bond acceptors (Lipinski definition) is 4. The molecule has 2 heterocycles. The number of rotatable bonds is 5. The van der Waals surface area contributed by atoms with E-state index in [1.165, 1.54) is 4.88 Å². The van der Waals surface area contributed by atoms with E-state index < -0.39 is 0 Å². The second kappa shape index (κ2) is 7.94. The first kappa shape index (κ1) is 17.2. The fourth-order valence-corrected chi connectivity index (χ4v) is 3.23. The number of nitrogens with one attached hydrogen (secondary N) is 2. The molecule has 7 heteroatoms. The summed E-state index contributed by atoms with van der Waals surface area (Å²) in [4.78, 5) is 10.0. The Kier molecular flexibility index (Phi) is 5.45. The van der Waals surface area contributed by atoms with Crippen LogP contribution >= 0.6 is 11.3 Å². The molecule has 0 unspecified atom stereocenters. The smallest absolute Gasteiger partial charge is 0.191 e. The quantitative estimate of drug-likeness (QED) is 0.546. The molecule has 0 aliphatic rings. The van der Waals surface area contributed by atoms with Crippen molar-refractivity contribution in [3.63, 3.8) is 0 Å². The van der Waals surface area contributed by atoms with Crippen LogP contribution in [0.15, 0.2) is 47.7 Å². The van der Waals surface area contributed by atoms with E-state index in [9.17, 15) is 0 Å². The van der Waals surface area contributed by atoms with E-state index in [1.54, 1.807) is 18.4 Å². The lowest BCUT2D eigenvalue weighted by molar-refractivity contribution is 0.803. The third kappa shape index (κ3) is 4.45. The summed E-state index contributed by atoms with van der Waals surface area (Å²) < 4.78 is 1.87. The molecule has 1 aromatic carbocycles. The van der Waals surface area contributed by atoms with Gasteiger partial charge in [-0.1, -0.05) is 18.2 Å². The zero-order chi connectivity index (χ0) is 17.6. The Morgan fingerprint density at radius 1 is 1.16 bits per heavy atom. The normalized spacial score (nSPS) is 11.6. The van der Waals surface area contributed by atoms with Crippen LogP contribution < -0.4 is 10.6 Å². The number of thiazole rings is 1. The predicted molar refractivity (Wildman–Crippen MR) is 102 cm³/mol. The lowest BCUT2D eigenvalue weighted by Gasteiger charge is -2.09. The molecule has 0 saturated carbocycles. The van der Waals surface area contributed by atoms with E-state index >= 15 is 0 Å². The zero-order valence-electron chi connectivity index (χ0n) is 14.7. The molecule has 0 aliphatic heterocycles. The molecule has 2 N–H and O–H groups in total. The lowest BCUT2D eigenvalue weighted by Crippen LogP contribution is -2.36. The van der Waals surface area contributed by atoms with E-state index in [-0.39, 0.29) is 0 Å². The van der Waals surface area contributed by atoms with Crippen molar-refractivity contribution in [3.05, 3.63) is 63.9 Å². The Labute approximate surface area is 151 Å². The molecule has 25 heavy (non-hydrogen) atoms. The summed E-state index contributed by atoms with van der Waals surface area (Å²) in [6, 6.07) is 10.1. The highest BCUT2D eigenvalue weighted by Crippen LogP contribution is 2.15. The van der Waals surface area contributed by atoms with Gasteiger partial charge in [-0.05, 0) is 26.0 Å². The van der Waals surface area contributed by atoms with E-state index in [0.29, 0.717) is 13.1 Å². The molecule has 0 saturated heterocycles. The Hall–Kier alpha value is -2.67. The van der Waals surface area contributed by atoms with Gasteiger partial charge in [0.1, 0.15) is 5.01 Å². The molecule has 0 amide bonds. The van der Waals surface area contributed by atoms with Gasteiger partial charge < -0.3 is 10.6 Å². The molecule has 0 spiro atoms. The minimum Gasteiger partial charge on any atom is -0.352 e. The van der Waals surface area contributed by atoms with Crippen LogP contribution in [0, 0.1) is 13.8 Å². The number of nitrogens with zero attached hydrogens (tertiary/aromatic N) is 4. The van der Waals surface area contributed by atoms with Gasteiger partial charge in [0.2, 0.25) is 0 Å². The molecule has 0 radical (unpaired) electrons. The molecular weight excluding hydrogens is 332 g/mol. The largest absolute Gasteiger partial charge is 0.352 e. The molecule has 3 aromatic rings. The summed E-state index contributed by atoms with van der Waals surface area (Å²) in [7, 11) is 1.76. The van der Waals surface area contributed by atoms with Gasteiger partial charge >= 0.3 is 0 Å². The Morgan fingerprint density at radius 3 is 2.60 bits per heavy atom. The predicted octanol–water partition coefficient (Wildman–Crippen LogP) is 2.81. The van der Waals surface area contributed by atoms with Crippen LogP contribution in [0.25, 0.3) is 5.69 Å². The van der Waals surface area contributed by atoms with Gasteiger partial charge in [-0.2, -0.15) is 5.10 Å². The Balaban J connectivity index is 1.54. The molecular formula is C18H22N6S. The molecule has 0 bridgehead atoms. The average molecular weight is 354 g/mol. The van der Waals surface area contributed by atoms with Crippen molar-refractivity contribution >= 4 is 17.3 Å². The van der Waals surface area contributed by atoms with Crippen molar-refractivity contribution < 1.29 is 0 Å². The highest BCUT2D eigenvalue weighted by atomic mass is 32.1. The first-order valence-corrected chi connectivity index (χ1v) is 8.94.